The highest BCUT2D eigenvalue weighted by Gasteiger charge is 1.98. The Hall–Kier alpha value is 0.180. The van der Waals surface area contributed by atoms with Crippen LogP contribution in [0.4, 0.5) is 0 Å². The van der Waals surface area contributed by atoms with Crippen LogP contribution in [-0.4, -0.2) is 18.4 Å². The molecule has 0 saturated heterocycles. The molecular formula is C6H10BrN. The van der Waals surface area contributed by atoms with Gasteiger partial charge in [-0.1, -0.05) is 27.6 Å². The second-order valence-electron chi connectivity index (χ2n) is 1.95. The molecule has 0 spiro atoms. The van der Waals surface area contributed by atoms with Crippen molar-refractivity contribution in [2.45, 2.75) is 6.42 Å². The Kier molecular flexibility index (Phi) is 2.56. The van der Waals surface area contributed by atoms with Crippen molar-refractivity contribution >= 4 is 15.9 Å². The standard InChI is InChI=1S/C6H10BrN/c7-5-6-1-3-8-4-2-6/h1,8H,2-5H2. The first kappa shape index (κ1) is 6.30. The highest BCUT2D eigenvalue weighted by Crippen LogP contribution is 2.06. The SMILES string of the molecule is BrCC1=CCNCC1. The third kappa shape index (κ3) is 1.60. The van der Waals surface area contributed by atoms with E-state index in [0.29, 0.717) is 0 Å². The van der Waals surface area contributed by atoms with E-state index in [9.17, 15) is 0 Å². The van der Waals surface area contributed by atoms with Gasteiger partial charge in [-0.3, -0.25) is 0 Å². The summed E-state index contributed by atoms with van der Waals surface area (Å²) in [4.78, 5) is 0. The number of rotatable bonds is 1. The van der Waals surface area contributed by atoms with Gasteiger partial charge >= 0.3 is 0 Å². The number of alkyl halides is 1. The maximum atomic E-state index is 3.41. The van der Waals surface area contributed by atoms with Gasteiger partial charge in [-0.2, -0.15) is 0 Å². The molecule has 0 aromatic rings. The van der Waals surface area contributed by atoms with Crippen molar-refractivity contribution < 1.29 is 0 Å². The average Bonchev–Trinajstić information content (AvgIpc) is 1.90. The number of nitrogens with one attached hydrogen (secondary N) is 1. The molecule has 0 aromatic carbocycles. The van der Waals surface area contributed by atoms with Gasteiger partial charge in [0.2, 0.25) is 0 Å². The number of hydrogen-bond donors (Lipinski definition) is 1. The second-order valence-corrected chi connectivity index (χ2v) is 2.51. The fourth-order valence-electron chi connectivity index (χ4n) is 0.791. The van der Waals surface area contributed by atoms with Gasteiger partial charge in [0.15, 0.2) is 0 Å². The maximum Gasteiger partial charge on any atom is 0.0242 e. The summed E-state index contributed by atoms with van der Waals surface area (Å²) >= 11 is 3.41. The largest absolute Gasteiger partial charge is 0.313 e. The minimum absolute atomic E-state index is 1.05. The lowest BCUT2D eigenvalue weighted by atomic mass is 10.1. The monoisotopic (exact) mass is 175 g/mol. The topological polar surface area (TPSA) is 12.0 Å². The van der Waals surface area contributed by atoms with Crippen LogP contribution < -0.4 is 5.32 Å². The zero-order valence-corrected chi connectivity index (χ0v) is 6.37. The Morgan fingerprint density at radius 3 is 3.00 bits per heavy atom. The molecule has 0 amide bonds. The first-order valence-corrected chi connectivity index (χ1v) is 4.00. The van der Waals surface area contributed by atoms with Crippen LogP contribution in [0.1, 0.15) is 6.42 Å². The van der Waals surface area contributed by atoms with E-state index in [2.05, 4.69) is 27.3 Å². The van der Waals surface area contributed by atoms with Gasteiger partial charge in [0, 0.05) is 11.9 Å². The summed E-state index contributed by atoms with van der Waals surface area (Å²) in [5, 5.41) is 4.30. The zero-order valence-electron chi connectivity index (χ0n) is 4.78. The summed E-state index contributed by atoms with van der Waals surface area (Å²) in [5.41, 5.74) is 1.53. The molecule has 0 saturated carbocycles. The van der Waals surface area contributed by atoms with Crippen LogP contribution in [0.5, 0.6) is 0 Å². The van der Waals surface area contributed by atoms with Gasteiger partial charge in [0.05, 0.1) is 0 Å². The molecule has 46 valence electrons. The molecule has 8 heavy (non-hydrogen) atoms. The third-order valence-corrected chi connectivity index (χ3v) is 2.05. The van der Waals surface area contributed by atoms with E-state index in [1.165, 1.54) is 12.0 Å². The van der Waals surface area contributed by atoms with Crippen molar-refractivity contribution in [3.8, 4) is 0 Å². The van der Waals surface area contributed by atoms with E-state index in [1.54, 1.807) is 0 Å². The predicted molar refractivity (Wildman–Crippen MR) is 39.4 cm³/mol. The highest BCUT2D eigenvalue weighted by atomic mass is 79.9. The molecule has 1 nitrogen and oxygen atoms in total. The van der Waals surface area contributed by atoms with Crippen LogP contribution in [0.25, 0.3) is 0 Å². The third-order valence-electron chi connectivity index (χ3n) is 1.33. The van der Waals surface area contributed by atoms with Crippen LogP contribution in [0.2, 0.25) is 0 Å². The van der Waals surface area contributed by atoms with Gasteiger partial charge in [-0.05, 0) is 13.0 Å². The molecule has 2 heteroatoms. The molecule has 0 bridgehead atoms. The molecule has 0 atom stereocenters. The van der Waals surface area contributed by atoms with Crippen molar-refractivity contribution in [3.05, 3.63) is 11.6 Å². The normalized spacial score (nSPS) is 20.4. The lowest BCUT2D eigenvalue weighted by molar-refractivity contribution is 0.706. The lowest BCUT2D eigenvalue weighted by Crippen LogP contribution is -2.20. The molecule has 0 aromatic heterocycles. The Balaban J connectivity index is 2.37. The summed E-state index contributed by atoms with van der Waals surface area (Å²) in [5.74, 6) is 0. The molecule has 1 heterocycles. The highest BCUT2D eigenvalue weighted by molar-refractivity contribution is 9.09. The Morgan fingerprint density at radius 2 is 2.62 bits per heavy atom. The summed E-state index contributed by atoms with van der Waals surface area (Å²) in [6, 6.07) is 0. The number of halogens is 1. The summed E-state index contributed by atoms with van der Waals surface area (Å²) in [6.45, 7) is 2.21. The van der Waals surface area contributed by atoms with Gasteiger partial charge in [-0.25, -0.2) is 0 Å². The Morgan fingerprint density at radius 1 is 1.75 bits per heavy atom. The Labute approximate surface area is 58.3 Å². The summed E-state index contributed by atoms with van der Waals surface area (Å²) in [6.07, 6.45) is 3.46. The fraction of sp³-hybridized carbons (Fsp3) is 0.667. The van der Waals surface area contributed by atoms with E-state index in [0.717, 1.165) is 18.4 Å². The van der Waals surface area contributed by atoms with Crippen LogP contribution in [0.15, 0.2) is 11.6 Å². The van der Waals surface area contributed by atoms with E-state index < -0.39 is 0 Å². The Bertz CT molecular complexity index is 98.7. The van der Waals surface area contributed by atoms with E-state index >= 15 is 0 Å². The summed E-state index contributed by atoms with van der Waals surface area (Å²) < 4.78 is 0. The predicted octanol–water partition coefficient (Wildman–Crippen LogP) is 1.30. The van der Waals surface area contributed by atoms with E-state index in [1.807, 2.05) is 0 Å². The first-order valence-electron chi connectivity index (χ1n) is 2.88. The molecule has 0 radical (unpaired) electrons. The fourth-order valence-corrected chi connectivity index (χ4v) is 1.30. The van der Waals surface area contributed by atoms with Crippen LogP contribution in [0, 0.1) is 0 Å². The minimum Gasteiger partial charge on any atom is -0.313 e. The second kappa shape index (κ2) is 3.25. The zero-order chi connectivity index (χ0) is 5.82. The van der Waals surface area contributed by atoms with Gasteiger partial charge < -0.3 is 5.32 Å². The van der Waals surface area contributed by atoms with Crippen molar-refractivity contribution in [2.75, 3.05) is 18.4 Å². The van der Waals surface area contributed by atoms with Crippen LogP contribution >= 0.6 is 15.9 Å². The van der Waals surface area contributed by atoms with Crippen molar-refractivity contribution in [1.82, 2.24) is 5.32 Å². The molecule has 1 aliphatic rings. The molecule has 0 aliphatic carbocycles. The molecular weight excluding hydrogens is 166 g/mol. The lowest BCUT2D eigenvalue weighted by Gasteiger charge is -2.10. The van der Waals surface area contributed by atoms with Crippen molar-refractivity contribution in [3.63, 3.8) is 0 Å². The van der Waals surface area contributed by atoms with Crippen molar-refractivity contribution in [2.24, 2.45) is 0 Å². The van der Waals surface area contributed by atoms with Gasteiger partial charge in [-0.15, -0.1) is 0 Å². The average molecular weight is 176 g/mol. The minimum atomic E-state index is 1.05. The van der Waals surface area contributed by atoms with Crippen molar-refractivity contribution in [1.29, 1.82) is 0 Å². The summed E-state index contributed by atoms with van der Waals surface area (Å²) in [7, 11) is 0. The smallest absolute Gasteiger partial charge is 0.0242 e. The van der Waals surface area contributed by atoms with Gasteiger partial charge in [0.25, 0.3) is 0 Å². The van der Waals surface area contributed by atoms with E-state index in [4.69, 9.17) is 0 Å². The molecule has 0 unspecified atom stereocenters. The maximum absolute atomic E-state index is 3.41. The molecule has 1 aliphatic heterocycles. The molecule has 1 N–H and O–H groups in total. The van der Waals surface area contributed by atoms with Gasteiger partial charge in [0.1, 0.15) is 0 Å². The number of hydrogen-bond acceptors (Lipinski definition) is 1. The quantitative estimate of drug-likeness (QED) is 0.469. The van der Waals surface area contributed by atoms with Crippen LogP contribution in [0.3, 0.4) is 0 Å². The molecule has 0 fully saturated rings. The first-order chi connectivity index (χ1) is 3.93. The van der Waals surface area contributed by atoms with Crippen LogP contribution in [-0.2, 0) is 0 Å². The van der Waals surface area contributed by atoms with E-state index in [-0.39, 0.29) is 0 Å². The molecule has 1 rings (SSSR count).